The van der Waals surface area contributed by atoms with Gasteiger partial charge in [0.05, 0.1) is 11.5 Å². The molecule has 0 bridgehead atoms. The maximum Gasteiger partial charge on any atom is 0.311 e. The summed E-state index contributed by atoms with van der Waals surface area (Å²) in [4.78, 5) is 23.7. The van der Waals surface area contributed by atoms with Crippen LogP contribution in [0.3, 0.4) is 0 Å². The topological polar surface area (TPSA) is 99.0 Å². The molecular weight excluding hydrogens is 686 g/mol. The Hall–Kier alpha value is -3.54. The normalized spacial score (nSPS) is 13.6. The van der Waals surface area contributed by atoms with Gasteiger partial charge in [-0.25, -0.2) is 4.39 Å². The Kier molecular flexibility index (Phi) is 11.9. The van der Waals surface area contributed by atoms with Gasteiger partial charge >= 0.3 is 5.69 Å². The van der Waals surface area contributed by atoms with Crippen molar-refractivity contribution in [3.05, 3.63) is 97.4 Å². The van der Waals surface area contributed by atoms with Crippen molar-refractivity contribution in [3.8, 4) is 5.75 Å². The molecule has 9 nitrogen and oxygen atoms in total. The maximum absolute atomic E-state index is 13.8. The van der Waals surface area contributed by atoms with E-state index in [0.717, 1.165) is 39.4 Å². The molecule has 1 aromatic heterocycles. The number of guanidine groups is 1. The van der Waals surface area contributed by atoms with Crippen LogP contribution in [-0.4, -0.2) is 66.6 Å². The van der Waals surface area contributed by atoms with Crippen molar-refractivity contribution in [2.45, 2.75) is 26.7 Å². The number of hydrogen-bond acceptors (Lipinski definition) is 5. The molecule has 0 radical (unpaired) electrons. The average Bonchev–Trinajstić information content (AvgIpc) is 3.31. The van der Waals surface area contributed by atoms with Gasteiger partial charge in [-0.1, -0.05) is 29.3 Å². The van der Waals surface area contributed by atoms with Crippen LogP contribution < -0.4 is 15.0 Å². The summed E-state index contributed by atoms with van der Waals surface area (Å²) in [7, 11) is 0. The van der Waals surface area contributed by atoms with E-state index in [2.05, 4.69) is 20.1 Å². The van der Waals surface area contributed by atoms with Gasteiger partial charge in [0.25, 0.3) is 0 Å². The summed E-state index contributed by atoms with van der Waals surface area (Å²) >= 11 is 12.5. The highest BCUT2D eigenvalue weighted by Gasteiger charge is 2.23. The molecule has 240 valence electrons. The fourth-order valence-electron chi connectivity index (χ4n) is 5.56. The molecule has 2 heterocycles. The number of nitro groups is 1. The molecule has 3 aromatic carbocycles. The molecule has 0 amide bonds. The molecule has 1 aliphatic heterocycles. The minimum atomic E-state index is -0.422. The van der Waals surface area contributed by atoms with Crippen LogP contribution in [0.5, 0.6) is 5.75 Å². The van der Waals surface area contributed by atoms with Gasteiger partial charge in [0.1, 0.15) is 5.82 Å². The Morgan fingerprint density at radius 1 is 1.09 bits per heavy atom. The zero-order valence-corrected chi connectivity index (χ0v) is 28.3. The lowest BCUT2D eigenvalue weighted by molar-refractivity contribution is -0.385. The fraction of sp³-hybridized carbons (Fsp3) is 0.344. The van der Waals surface area contributed by atoms with Crippen molar-refractivity contribution in [2.75, 3.05) is 50.8 Å². The number of aryl methyl sites for hydroxylation is 1. The number of nitrogens with one attached hydrogen (secondary N) is 2. The number of benzene rings is 3. The number of nitro benzene ring substituents is 1. The summed E-state index contributed by atoms with van der Waals surface area (Å²) in [6.07, 6.45) is 1.40. The van der Waals surface area contributed by atoms with Crippen molar-refractivity contribution >= 4 is 68.4 Å². The lowest BCUT2D eigenvalue weighted by Crippen LogP contribution is -2.53. The minimum Gasteiger partial charge on any atom is -0.487 e. The highest BCUT2D eigenvalue weighted by Crippen LogP contribution is 2.32. The molecule has 4 aromatic rings. The highest BCUT2D eigenvalue weighted by atomic mass is 79.9. The third-order valence-corrected chi connectivity index (χ3v) is 8.37. The molecular formula is C32H36BrCl2FN6O3. The van der Waals surface area contributed by atoms with Crippen LogP contribution in [0.4, 0.5) is 15.8 Å². The van der Waals surface area contributed by atoms with E-state index in [4.69, 9.17) is 32.9 Å². The molecule has 1 aliphatic rings. The Bertz CT molecular complexity index is 1680. The van der Waals surface area contributed by atoms with Gasteiger partial charge in [-0.2, -0.15) is 0 Å². The summed E-state index contributed by atoms with van der Waals surface area (Å²) in [5.41, 5.74) is 4.77. The largest absolute Gasteiger partial charge is 0.487 e. The van der Waals surface area contributed by atoms with Crippen molar-refractivity contribution in [1.29, 1.82) is 0 Å². The summed E-state index contributed by atoms with van der Waals surface area (Å²) in [5, 5.41) is 17.2. The molecule has 0 unspecified atom stereocenters. The van der Waals surface area contributed by atoms with Crippen LogP contribution in [0.15, 0.2) is 59.6 Å². The van der Waals surface area contributed by atoms with E-state index in [-0.39, 0.29) is 34.2 Å². The Labute approximate surface area is 282 Å². The number of fused-ring (bicyclic) bond motifs is 1. The number of rotatable bonds is 10. The van der Waals surface area contributed by atoms with Gasteiger partial charge in [-0.05, 0) is 74.2 Å². The van der Waals surface area contributed by atoms with E-state index in [9.17, 15) is 14.5 Å². The van der Waals surface area contributed by atoms with Gasteiger partial charge in [0, 0.05) is 83.7 Å². The van der Waals surface area contributed by atoms with Crippen LogP contribution in [0.25, 0.3) is 10.9 Å². The lowest BCUT2D eigenvalue weighted by Gasteiger charge is -2.38. The molecule has 0 aliphatic carbocycles. The Morgan fingerprint density at radius 2 is 1.87 bits per heavy atom. The quantitative estimate of drug-likeness (QED) is 0.0769. The van der Waals surface area contributed by atoms with Crippen LogP contribution in [-0.2, 0) is 12.8 Å². The van der Waals surface area contributed by atoms with E-state index in [1.54, 1.807) is 18.2 Å². The first-order valence-electron chi connectivity index (χ1n) is 14.6. The molecule has 45 heavy (non-hydrogen) atoms. The lowest BCUT2D eigenvalue weighted by atomic mass is 10.1. The van der Waals surface area contributed by atoms with Crippen LogP contribution >= 0.6 is 40.2 Å². The number of ether oxygens (including phenoxy) is 1. The monoisotopic (exact) mass is 720 g/mol. The molecule has 13 heteroatoms. The van der Waals surface area contributed by atoms with Crippen LogP contribution in [0, 0.1) is 22.9 Å². The summed E-state index contributed by atoms with van der Waals surface area (Å²) in [6.45, 7) is 8.17. The summed E-state index contributed by atoms with van der Waals surface area (Å²) < 4.78 is 19.3. The van der Waals surface area contributed by atoms with Gasteiger partial charge in [0.2, 0.25) is 0 Å². The number of aromatic amines is 1. The second kappa shape index (κ2) is 15.6. The highest BCUT2D eigenvalue weighted by molar-refractivity contribution is 8.93. The number of piperazine rings is 1. The van der Waals surface area contributed by atoms with Crippen LogP contribution in [0.1, 0.15) is 23.7 Å². The zero-order valence-electron chi connectivity index (χ0n) is 25.1. The predicted molar refractivity (Wildman–Crippen MR) is 186 cm³/mol. The van der Waals surface area contributed by atoms with Gasteiger partial charge in [-0.15, -0.1) is 17.0 Å². The molecule has 1 saturated heterocycles. The molecule has 1 fully saturated rings. The number of hydrogen-bond donors (Lipinski definition) is 2. The van der Waals surface area contributed by atoms with E-state index < -0.39 is 4.92 Å². The maximum atomic E-state index is 13.8. The van der Waals surface area contributed by atoms with E-state index >= 15 is 0 Å². The first kappa shape index (κ1) is 34.3. The van der Waals surface area contributed by atoms with Gasteiger partial charge in [0.15, 0.2) is 11.7 Å². The van der Waals surface area contributed by atoms with E-state index in [1.807, 2.05) is 32.0 Å². The van der Waals surface area contributed by atoms with E-state index in [0.29, 0.717) is 68.8 Å². The zero-order chi connectivity index (χ0) is 31.2. The molecule has 5 rings (SSSR count). The predicted octanol–water partition coefficient (Wildman–Crippen LogP) is 7.36. The van der Waals surface area contributed by atoms with Crippen molar-refractivity contribution in [1.82, 2.24) is 15.2 Å². The van der Waals surface area contributed by atoms with Crippen molar-refractivity contribution in [3.63, 3.8) is 0 Å². The average molecular weight is 722 g/mol. The number of aromatic nitrogens is 1. The third kappa shape index (κ3) is 8.39. The SMILES string of the molecule is Br.CCOc1cc(N2CCN(C(=NCCc3c(C)[nH]c4cc(F)ccc34)NCCc3ccc(Cl)cc3Cl)CC2)ccc1[N+](=O)[O-]. The summed E-state index contributed by atoms with van der Waals surface area (Å²) in [6, 6.07) is 15.4. The third-order valence-electron chi connectivity index (χ3n) is 7.78. The number of halogens is 4. The van der Waals surface area contributed by atoms with Gasteiger partial charge < -0.3 is 24.8 Å². The van der Waals surface area contributed by atoms with Crippen molar-refractivity contribution in [2.24, 2.45) is 4.99 Å². The van der Waals surface area contributed by atoms with Gasteiger partial charge in [-0.3, -0.25) is 15.1 Å². The fourth-order valence-corrected chi connectivity index (χ4v) is 6.06. The molecule has 0 saturated carbocycles. The number of aliphatic imine (C=N–C) groups is 1. The van der Waals surface area contributed by atoms with Crippen molar-refractivity contribution < 1.29 is 14.1 Å². The Morgan fingerprint density at radius 3 is 2.58 bits per heavy atom. The second-order valence-electron chi connectivity index (χ2n) is 10.6. The molecule has 2 N–H and O–H groups in total. The standard InChI is InChI=1S/C32H35Cl2FN6O3.BrH/c1-3-44-31-20-25(7-9-30(31)41(42)43)39-14-16-40(17-15-39)32(36-12-10-22-4-5-23(33)18-28(22)34)37-13-11-26-21(2)38-29-19-24(35)6-8-27(26)29;/h4-9,18-20,38H,3,10-17H2,1-2H3,(H,36,37);1H. The first-order chi connectivity index (χ1) is 21.2. The second-order valence-corrected chi connectivity index (χ2v) is 11.4. The number of anilines is 1. The molecule has 0 atom stereocenters. The first-order valence-corrected chi connectivity index (χ1v) is 15.4. The number of H-pyrrole nitrogens is 1. The number of nitrogens with zero attached hydrogens (tertiary/aromatic N) is 4. The van der Waals surface area contributed by atoms with Crippen LogP contribution in [0.2, 0.25) is 10.0 Å². The Balaban J connectivity index is 0.00000461. The van der Waals surface area contributed by atoms with E-state index in [1.165, 1.54) is 18.2 Å². The smallest absolute Gasteiger partial charge is 0.311 e. The summed E-state index contributed by atoms with van der Waals surface area (Å²) in [5.74, 6) is 0.812. The minimum absolute atomic E-state index is 0. The molecule has 0 spiro atoms.